The van der Waals surface area contributed by atoms with Crippen molar-refractivity contribution in [2.45, 2.75) is 13.0 Å². The number of aromatic nitrogens is 2. The van der Waals surface area contributed by atoms with E-state index in [-0.39, 0.29) is 17.7 Å². The number of pyridine rings is 2. The molecule has 3 aromatic rings. The number of ether oxygens (including phenoxy) is 2. The van der Waals surface area contributed by atoms with E-state index in [1.165, 1.54) is 12.3 Å². The van der Waals surface area contributed by atoms with Crippen LogP contribution in [0.25, 0.3) is 22.0 Å². The summed E-state index contributed by atoms with van der Waals surface area (Å²) in [7, 11) is 0. The first-order valence-corrected chi connectivity index (χ1v) is 8.78. The van der Waals surface area contributed by atoms with Crippen LogP contribution >= 0.6 is 0 Å². The average Bonchev–Trinajstić information content (AvgIpc) is 3.11. The highest BCUT2D eigenvalue weighted by Gasteiger charge is 2.22. The first-order valence-electron chi connectivity index (χ1n) is 8.78. The molecule has 8 heteroatoms. The maximum absolute atomic E-state index is 12.3. The maximum atomic E-state index is 12.3. The standard InChI is InChI=1S/C20H17F2N3O3/c21-20(22)28-19-4-3-13(10-25-19)14-7-16-15(2-1-5-23-16)17(8-14)27-11-12-6-18(26)24-9-12/h1-5,7-8,10,12,20H,6,9,11H2,(H,24,26). The summed E-state index contributed by atoms with van der Waals surface area (Å²) < 4.78 is 34.9. The molecule has 1 fully saturated rings. The van der Waals surface area contributed by atoms with Gasteiger partial charge in [-0.05, 0) is 35.9 Å². The van der Waals surface area contributed by atoms with E-state index in [1.54, 1.807) is 12.3 Å². The van der Waals surface area contributed by atoms with Gasteiger partial charge in [0.15, 0.2) is 0 Å². The van der Waals surface area contributed by atoms with Gasteiger partial charge >= 0.3 is 6.61 Å². The minimum atomic E-state index is -2.92. The Morgan fingerprint density at radius 1 is 1.18 bits per heavy atom. The zero-order valence-electron chi connectivity index (χ0n) is 14.8. The van der Waals surface area contributed by atoms with E-state index in [4.69, 9.17) is 4.74 Å². The van der Waals surface area contributed by atoms with Crippen LogP contribution in [0.2, 0.25) is 0 Å². The van der Waals surface area contributed by atoms with Crippen molar-refractivity contribution in [2.75, 3.05) is 13.2 Å². The van der Waals surface area contributed by atoms with E-state index in [9.17, 15) is 13.6 Å². The number of carbonyl (C=O) groups is 1. The van der Waals surface area contributed by atoms with Crippen molar-refractivity contribution in [2.24, 2.45) is 5.92 Å². The molecule has 1 amide bonds. The monoisotopic (exact) mass is 385 g/mol. The number of nitrogens with zero attached hydrogens (tertiary/aromatic N) is 2. The number of benzene rings is 1. The lowest BCUT2D eigenvalue weighted by Crippen LogP contribution is -2.16. The van der Waals surface area contributed by atoms with E-state index < -0.39 is 6.61 Å². The number of amides is 1. The molecule has 0 saturated carbocycles. The van der Waals surface area contributed by atoms with E-state index >= 15 is 0 Å². The van der Waals surface area contributed by atoms with Gasteiger partial charge in [-0.25, -0.2) is 4.98 Å². The maximum Gasteiger partial charge on any atom is 0.388 e. The highest BCUT2D eigenvalue weighted by Crippen LogP contribution is 2.32. The molecule has 4 rings (SSSR count). The number of halogens is 2. The highest BCUT2D eigenvalue weighted by atomic mass is 19.3. The van der Waals surface area contributed by atoms with Gasteiger partial charge in [0.1, 0.15) is 5.75 Å². The third kappa shape index (κ3) is 4.00. The van der Waals surface area contributed by atoms with Gasteiger partial charge in [-0.3, -0.25) is 9.78 Å². The van der Waals surface area contributed by atoms with Crippen molar-refractivity contribution < 1.29 is 23.0 Å². The number of hydrogen-bond acceptors (Lipinski definition) is 5. The molecule has 2 aromatic heterocycles. The molecule has 1 N–H and O–H groups in total. The summed E-state index contributed by atoms with van der Waals surface area (Å²) in [6.07, 6.45) is 3.60. The molecule has 28 heavy (non-hydrogen) atoms. The van der Waals surface area contributed by atoms with Crippen LogP contribution in [0.1, 0.15) is 6.42 Å². The molecule has 0 spiro atoms. The Morgan fingerprint density at radius 2 is 2.07 bits per heavy atom. The minimum Gasteiger partial charge on any atom is -0.492 e. The van der Waals surface area contributed by atoms with Crippen LogP contribution in [-0.2, 0) is 4.79 Å². The summed E-state index contributed by atoms with van der Waals surface area (Å²) in [4.78, 5) is 19.7. The summed E-state index contributed by atoms with van der Waals surface area (Å²) in [5, 5.41) is 3.65. The molecule has 144 valence electrons. The predicted octanol–water partition coefficient (Wildman–Crippen LogP) is 3.41. The lowest BCUT2D eigenvalue weighted by atomic mass is 10.0. The smallest absolute Gasteiger partial charge is 0.388 e. The Kier molecular flexibility index (Phi) is 5.01. The van der Waals surface area contributed by atoms with Crippen LogP contribution in [0.5, 0.6) is 11.6 Å². The topological polar surface area (TPSA) is 73.3 Å². The predicted molar refractivity (Wildman–Crippen MR) is 98.2 cm³/mol. The van der Waals surface area contributed by atoms with E-state index in [1.807, 2.05) is 24.3 Å². The van der Waals surface area contributed by atoms with Gasteiger partial charge in [0.25, 0.3) is 0 Å². The second kappa shape index (κ2) is 7.75. The SMILES string of the molecule is O=C1CC(COc2cc(-c3ccc(OC(F)F)nc3)cc3ncccc23)CN1. The number of nitrogens with one attached hydrogen (secondary N) is 1. The fraction of sp³-hybridized carbons (Fsp3) is 0.250. The summed E-state index contributed by atoms with van der Waals surface area (Å²) in [5.41, 5.74) is 2.25. The van der Waals surface area contributed by atoms with Crippen molar-refractivity contribution in [1.82, 2.24) is 15.3 Å². The first-order chi connectivity index (χ1) is 13.6. The normalized spacial score (nSPS) is 16.4. The number of fused-ring (bicyclic) bond motifs is 1. The Bertz CT molecular complexity index is 996. The summed E-state index contributed by atoms with van der Waals surface area (Å²) in [6, 6.07) is 10.5. The Morgan fingerprint density at radius 3 is 2.79 bits per heavy atom. The van der Waals surface area contributed by atoms with E-state index in [0.29, 0.717) is 25.3 Å². The molecule has 0 aliphatic carbocycles. The number of rotatable bonds is 6. The van der Waals surface area contributed by atoms with Crippen molar-refractivity contribution in [3.8, 4) is 22.8 Å². The summed E-state index contributed by atoms with van der Waals surface area (Å²) >= 11 is 0. The molecule has 6 nitrogen and oxygen atoms in total. The zero-order valence-corrected chi connectivity index (χ0v) is 14.8. The van der Waals surface area contributed by atoms with E-state index in [2.05, 4.69) is 20.0 Å². The molecule has 1 atom stereocenters. The van der Waals surface area contributed by atoms with Crippen LogP contribution < -0.4 is 14.8 Å². The molecule has 1 saturated heterocycles. The van der Waals surface area contributed by atoms with E-state index in [0.717, 1.165) is 22.0 Å². The summed E-state index contributed by atoms with van der Waals surface area (Å²) in [6.45, 7) is -1.91. The van der Waals surface area contributed by atoms with Gasteiger partial charge in [-0.1, -0.05) is 0 Å². The highest BCUT2D eigenvalue weighted by molar-refractivity contribution is 5.90. The quantitative estimate of drug-likeness (QED) is 0.704. The van der Waals surface area contributed by atoms with Gasteiger partial charge < -0.3 is 14.8 Å². The fourth-order valence-electron chi connectivity index (χ4n) is 3.14. The molecule has 3 heterocycles. The number of hydrogen-bond donors (Lipinski definition) is 1. The van der Waals surface area contributed by atoms with Crippen molar-refractivity contribution in [3.05, 3.63) is 48.8 Å². The average molecular weight is 385 g/mol. The molecular weight excluding hydrogens is 368 g/mol. The lowest BCUT2D eigenvalue weighted by molar-refractivity contribution is -0.119. The Balaban J connectivity index is 1.62. The van der Waals surface area contributed by atoms with Gasteiger partial charge in [0, 0.05) is 48.3 Å². The van der Waals surface area contributed by atoms with Gasteiger partial charge in [-0.15, -0.1) is 0 Å². The minimum absolute atomic E-state index is 0.0334. The molecule has 1 aliphatic heterocycles. The molecule has 1 aliphatic rings. The van der Waals surface area contributed by atoms with Gasteiger partial charge in [0.05, 0.1) is 12.1 Å². The largest absolute Gasteiger partial charge is 0.492 e. The van der Waals surface area contributed by atoms with Crippen LogP contribution in [0, 0.1) is 5.92 Å². The van der Waals surface area contributed by atoms with Crippen LogP contribution in [-0.4, -0.2) is 35.6 Å². The van der Waals surface area contributed by atoms with Crippen LogP contribution in [0.3, 0.4) is 0 Å². The molecule has 1 unspecified atom stereocenters. The fourth-order valence-corrected chi connectivity index (χ4v) is 3.14. The Hall–Kier alpha value is -3.29. The van der Waals surface area contributed by atoms with Crippen molar-refractivity contribution in [3.63, 3.8) is 0 Å². The van der Waals surface area contributed by atoms with Crippen molar-refractivity contribution >= 4 is 16.8 Å². The van der Waals surface area contributed by atoms with Gasteiger partial charge in [-0.2, -0.15) is 8.78 Å². The molecule has 0 bridgehead atoms. The summed E-state index contributed by atoms with van der Waals surface area (Å²) in [5.74, 6) is 0.654. The molecular formula is C20H17F2N3O3. The number of carbonyl (C=O) groups excluding carboxylic acids is 1. The zero-order chi connectivity index (χ0) is 19.5. The van der Waals surface area contributed by atoms with Crippen LogP contribution in [0.4, 0.5) is 8.78 Å². The lowest BCUT2D eigenvalue weighted by Gasteiger charge is -2.14. The van der Waals surface area contributed by atoms with Crippen molar-refractivity contribution in [1.29, 1.82) is 0 Å². The molecule has 1 aromatic carbocycles. The number of alkyl halides is 2. The third-order valence-corrected chi connectivity index (χ3v) is 4.50. The third-order valence-electron chi connectivity index (χ3n) is 4.50. The second-order valence-electron chi connectivity index (χ2n) is 6.49. The molecule has 0 radical (unpaired) electrons. The van der Waals surface area contributed by atoms with Crippen LogP contribution in [0.15, 0.2) is 48.8 Å². The second-order valence-corrected chi connectivity index (χ2v) is 6.49. The first kappa shape index (κ1) is 18.1. The Labute approximate surface area is 159 Å². The van der Waals surface area contributed by atoms with Gasteiger partial charge in [0.2, 0.25) is 11.8 Å².